The molecule has 2 N–H and O–H groups in total. The van der Waals surface area contributed by atoms with Gasteiger partial charge < -0.3 is 10.4 Å². The van der Waals surface area contributed by atoms with Gasteiger partial charge in [-0.25, -0.2) is 0 Å². The maximum absolute atomic E-state index is 11.0. The monoisotopic (exact) mass is 347 g/mol. The first-order valence-electron chi connectivity index (χ1n) is 7.97. The van der Waals surface area contributed by atoms with Crippen molar-refractivity contribution >= 4 is 29.0 Å². The number of aromatic hydroxyl groups is 1. The molecular weight excluding hydrogens is 330 g/mol. The molecule has 26 heavy (non-hydrogen) atoms. The summed E-state index contributed by atoms with van der Waals surface area (Å²) < 4.78 is 0. The Morgan fingerprint density at radius 2 is 1.69 bits per heavy atom. The van der Waals surface area contributed by atoms with E-state index in [2.05, 4.69) is 10.3 Å². The topological polar surface area (TPSA) is 87.8 Å². The molecule has 0 aromatic heterocycles. The second kappa shape index (κ2) is 7.48. The lowest BCUT2D eigenvalue weighted by Gasteiger charge is -2.06. The number of benzene rings is 3. The molecule has 3 rings (SSSR count). The number of aryl methyl sites for hydroxylation is 1. The van der Waals surface area contributed by atoms with Crippen LogP contribution in [0.15, 0.2) is 71.7 Å². The predicted octanol–water partition coefficient (Wildman–Crippen LogP) is 5.10. The van der Waals surface area contributed by atoms with Crippen LogP contribution in [0.1, 0.15) is 11.1 Å². The molecule has 0 saturated carbocycles. The van der Waals surface area contributed by atoms with Crippen LogP contribution in [-0.4, -0.2) is 16.2 Å². The Labute approximate surface area is 150 Å². The lowest BCUT2D eigenvalue weighted by atomic mass is 10.1. The van der Waals surface area contributed by atoms with Crippen LogP contribution in [0, 0.1) is 17.0 Å². The van der Waals surface area contributed by atoms with Crippen LogP contribution >= 0.6 is 0 Å². The quantitative estimate of drug-likeness (QED) is 0.382. The van der Waals surface area contributed by atoms with Gasteiger partial charge >= 0.3 is 5.69 Å². The van der Waals surface area contributed by atoms with E-state index in [0.717, 1.165) is 11.4 Å². The summed E-state index contributed by atoms with van der Waals surface area (Å²) in [6.45, 7) is 1.73. The van der Waals surface area contributed by atoms with E-state index in [1.165, 1.54) is 12.3 Å². The standard InChI is InChI=1S/C20H17N3O3/c1-14-11-15(20(24)19(12-14)23(25)26)13-21-16-7-9-18(10-8-16)22-17-5-3-2-4-6-17/h2-13,22,24H,1H3. The molecule has 130 valence electrons. The molecule has 0 unspecified atom stereocenters. The lowest BCUT2D eigenvalue weighted by molar-refractivity contribution is -0.385. The van der Waals surface area contributed by atoms with Crippen LogP contribution in [0.25, 0.3) is 0 Å². The zero-order valence-electron chi connectivity index (χ0n) is 14.1. The molecular formula is C20H17N3O3. The molecule has 0 fully saturated rings. The van der Waals surface area contributed by atoms with E-state index in [1.54, 1.807) is 13.0 Å². The van der Waals surface area contributed by atoms with Crippen molar-refractivity contribution in [2.24, 2.45) is 4.99 Å². The summed E-state index contributed by atoms with van der Waals surface area (Å²) in [6.07, 6.45) is 1.43. The zero-order chi connectivity index (χ0) is 18.5. The number of anilines is 2. The summed E-state index contributed by atoms with van der Waals surface area (Å²) in [6, 6.07) is 20.2. The molecule has 0 amide bonds. The van der Waals surface area contributed by atoms with Crippen LogP contribution in [0.3, 0.4) is 0 Å². The fraction of sp³-hybridized carbons (Fsp3) is 0.0500. The molecule has 0 heterocycles. The van der Waals surface area contributed by atoms with Crippen molar-refractivity contribution in [1.82, 2.24) is 0 Å². The minimum absolute atomic E-state index is 0.309. The molecule has 6 nitrogen and oxygen atoms in total. The molecule has 0 aliphatic carbocycles. The van der Waals surface area contributed by atoms with E-state index in [4.69, 9.17) is 0 Å². The Kier molecular flexibility index (Phi) is 4.94. The Bertz CT molecular complexity index is 952. The van der Waals surface area contributed by atoms with Crippen molar-refractivity contribution in [3.63, 3.8) is 0 Å². The number of nitrogens with one attached hydrogen (secondary N) is 1. The largest absolute Gasteiger partial charge is 0.502 e. The van der Waals surface area contributed by atoms with Gasteiger partial charge in [-0.1, -0.05) is 18.2 Å². The third kappa shape index (κ3) is 4.05. The Balaban J connectivity index is 1.78. The van der Waals surface area contributed by atoms with E-state index in [1.807, 2.05) is 54.6 Å². The number of nitro benzene ring substituents is 1. The number of nitrogens with zero attached hydrogens (tertiary/aromatic N) is 2. The van der Waals surface area contributed by atoms with Crippen molar-refractivity contribution < 1.29 is 10.0 Å². The zero-order valence-corrected chi connectivity index (χ0v) is 14.1. The Hall–Kier alpha value is -3.67. The molecule has 0 radical (unpaired) electrons. The number of nitro groups is 1. The van der Waals surface area contributed by atoms with Gasteiger partial charge in [0, 0.05) is 29.2 Å². The number of aliphatic imine (C=N–C) groups is 1. The molecule has 6 heteroatoms. The molecule has 0 atom stereocenters. The summed E-state index contributed by atoms with van der Waals surface area (Å²) in [5.41, 5.74) is 3.24. The lowest BCUT2D eigenvalue weighted by Crippen LogP contribution is -1.93. The maximum Gasteiger partial charge on any atom is 0.311 e. The molecule has 3 aromatic carbocycles. The van der Waals surface area contributed by atoms with E-state index in [0.29, 0.717) is 16.8 Å². The van der Waals surface area contributed by atoms with Gasteiger partial charge in [-0.05, 0) is 55.0 Å². The van der Waals surface area contributed by atoms with E-state index in [9.17, 15) is 15.2 Å². The van der Waals surface area contributed by atoms with Gasteiger partial charge in [-0.2, -0.15) is 0 Å². The minimum atomic E-state index is -0.607. The van der Waals surface area contributed by atoms with Gasteiger partial charge in [-0.3, -0.25) is 15.1 Å². The molecule has 3 aromatic rings. The van der Waals surface area contributed by atoms with Gasteiger partial charge in [0.15, 0.2) is 0 Å². The second-order valence-electron chi connectivity index (χ2n) is 5.78. The highest BCUT2D eigenvalue weighted by Gasteiger charge is 2.16. The highest BCUT2D eigenvalue weighted by molar-refractivity contribution is 5.87. The summed E-state index contributed by atoms with van der Waals surface area (Å²) in [7, 11) is 0. The first kappa shape index (κ1) is 17.2. The van der Waals surface area contributed by atoms with Gasteiger partial charge in [0.2, 0.25) is 5.75 Å². The summed E-state index contributed by atoms with van der Waals surface area (Å²) in [4.78, 5) is 14.7. The average Bonchev–Trinajstić information content (AvgIpc) is 2.64. The Morgan fingerprint density at radius 1 is 1.04 bits per heavy atom. The number of rotatable bonds is 5. The molecule has 0 bridgehead atoms. The SMILES string of the molecule is Cc1cc(C=Nc2ccc(Nc3ccccc3)cc2)c(O)c([N+](=O)[O-])c1. The summed E-state index contributed by atoms with van der Waals surface area (Å²) in [5.74, 6) is -0.383. The van der Waals surface area contributed by atoms with Gasteiger partial charge in [0.1, 0.15) is 0 Å². The summed E-state index contributed by atoms with van der Waals surface area (Å²) in [5, 5.41) is 24.3. The normalized spacial score (nSPS) is 10.8. The van der Waals surface area contributed by atoms with E-state index < -0.39 is 4.92 Å². The van der Waals surface area contributed by atoms with Crippen LogP contribution in [0.4, 0.5) is 22.7 Å². The van der Waals surface area contributed by atoms with Crippen molar-refractivity contribution in [1.29, 1.82) is 0 Å². The van der Waals surface area contributed by atoms with Crippen molar-refractivity contribution in [3.05, 3.63) is 88.0 Å². The van der Waals surface area contributed by atoms with E-state index in [-0.39, 0.29) is 11.4 Å². The predicted molar refractivity (Wildman–Crippen MR) is 103 cm³/mol. The van der Waals surface area contributed by atoms with Crippen LogP contribution < -0.4 is 5.32 Å². The summed E-state index contributed by atoms with van der Waals surface area (Å²) >= 11 is 0. The number of para-hydroxylation sites is 1. The minimum Gasteiger partial charge on any atom is -0.502 e. The molecule has 0 aliphatic rings. The number of hydrogen-bond donors (Lipinski definition) is 2. The van der Waals surface area contributed by atoms with E-state index >= 15 is 0 Å². The average molecular weight is 347 g/mol. The molecule has 0 saturated heterocycles. The number of hydrogen-bond acceptors (Lipinski definition) is 5. The highest BCUT2D eigenvalue weighted by atomic mass is 16.6. The molecule has 0 aliphatic heterocycles. The van der Waals surface area contributed by atoms with Gasteiger partial charge in [0.05, 0.1) is 10.6 Å². The van der Waals surface area contributed by atoms with Crippen LogP contribution in [0.5, 0.6) is 5.75 Å². The highest BCUT2D eigenvalue weighted by Crippen LogP contribution is 2.30. The number of phenols is 1. The van der Waals surface area contributed by atoms with Crippen molar-refractivity contribution in [2.45, 2.75) is 6.92 Å². The Morgan fingerprint density at radius 3 is 2.35 bits per heavy atom. The maximum atomic E-state index is 11.0. The van der Waals surface area contributed by atoms with Crippen molar-refractivity contribution in [3.8, 4) is 5.75 Å². The first-order chi connectivity index (χ1) is 12.5. The van der Waals surface area contributed by atoms with Gasteiger partial charge in [-0.15, -0.1) is 0 Å². The fourth-order valence-electron chi connectivity index (χ4n) is 2.49. The fourth-order valence-corrected chi connectivity index (χ4v) is 2.49. The first-order valence-corrected chi connectivity index (χ1v) is 7.97. The molecule has 0 spiro atoms. The van der Waals surface area contributed by atoms with Gasteiger partial charge in [0.25, 0.3) is 0 Å². The smallest absolute Gasteiger partial charge is 0.311 e. The third-order valence-corrected chi connectivity index (χ3v) is 3.74. The second-order valence-corrected chi connectivity index (χ2v) is 5.78. The van der Waals surface area contributed by atoms with Crippen LogP contribution in [-0.2, 0) is 0 Å². The van der Waals surface area contributed by atoms with Crippen molar-refractivity contribution in [2.75, 3.05) is 5.32 Å². The third-order valence-electron chi connectivity index (χ3n) is 3.74. The number of phenolic OH excluding ortho intramolecular Hbond substituents is 1. The van der Waals surface area contributed by atoms with Crippen LogP contribution in [0.2, 0.25) is 0 Å².